The van der Waals surface area contributed by atoms with Crippen LogP contribution in [0.25, 0.3) is 0 Å². The number of Topliss-reactive ketones (excluding diaryl/α,β-unsaturated/α-hetero) is 1. The van der Waals surface area contributed by atoms with Crippen molar-refractivity contribution in [1.29, 1.82) is 0 Å². The summed E-state index contributed by atoms with van der Waals surface area (Å²) in [5.41, 5.74) is 13.1. The molecule has 0 spiro atoms. The zero-order valence-corrected chi connectivity index (χ0v) is 22.0. The molecular weight excluding hydrogens is 496 g/mol. The van der Waals surface area contributed by atoms with E-state index in [-0.39, 0.29) is 40.4 Å². The van der Waals surface area contributed by atoms with Crippen molar-refractivity contribution < 1.29 is 27.9 Å². The molecule has 3 rings (SSSR count). The van der Waals surface area contributed by atoms with Gasteiger partial charge in [0.2, 0.25) is 0 Å². The van der Waals surface area contributed by atoms with Crippen LogP contribution in [0.3, 0.4) is 0 Å². The molecule has 4 atom stereocenters. The zero-order valence-electron chi connectivity index (χ0n) is 21.2. The molecule has 1 aliphatic heterocycles. The third kappa shape index (κ3) is 7.07. The lowest BCUT2D eigenvalue weighted by atomic mass is 9.97. The van der Waals surface area contributed by atoms with Crippen molar-refractivity contribution in [3.63, 3.8) is 0 Å². The number of morpholine rings is 1. The van der Waals surface area contributed by atoms with E-state index in [1.165, 1.54) is 36.4 Å². The number of urea groups is 1. The lowest BCUT2D eigenvalue weighted by Gasteiger charge is -2.29. The SMILES string of the molecule is CCC(C)C(N)C(N)S(=O)(=O)c1ccc(C(=O)[C@H](Cc2ccc(O)cc2)NC(=O)N2CCOCC2)cc1. The number of rotatable bonds is 10. The summed E-state index contributed by atoms with van der Waals surface area (Å²) in [7, 11) is -3.91. The number of ether oxygens (including phenoxy) is 1. The van der Waals surface area contributed by atoms with Crippen LogP contribution in [-0.4, -0.2) is 74.0 Å². The molecular formula is C26H36N4O6S. The molecule has 0 aliphatic carbocycles. The predicted octanol–water partition coefficient (Wildman–Crippen LogP) is 1.66. The maximum absolute atomic E-state index is 13.5. The Morgan fingerprint density at radius 1 is 1.05 bits per heavy atom. The van der Waals surface area contributed by atoms with Gasteiger partial charge in [-0.15, -0.1) is 0 Å². The Balaban J connectivity index is 1.82. The van der Waals surface area contributed by atoms with Gasteiger partial charge in [-0.2, -0.15) is 0 Å². The Morgan fingerprint density at radius 3 is 2.22 bits per heavy atom. The van der Waals surface area contributed by atoms with Gasteiger partial charge in [-0.1, -0.05) is 44.5 Å². The first kappa shape index (κ1) is 28.6. The van der Waals surface area contributed by atoms with Crippen molar-refractivity contribution >= 4 is 21.7 Å². The molecule has 1 fully saturated rings. The minimum Gasteiger partial charge on any atom is -0.508 e. The quantitative estimate of drug-likeness (QED) is 0.335. The van der Waals surface area contributed by atoms with Crippen LogP contribution >= 0.6 is 0 Å². The highest BCUT2D eigenvalue weighted by atomic mass is 32.2. The van der Waals surface area contributed by atoms with Crippen molar-refractivity contribution in [1.82, 2.24) is 10.2 Å². The molecule has 2 aromatic carbocycles. The van der Waals surface area contributed by atoms with E-state index in [2.05, 4.69) is 5.32 Å². The van der Waals surface area contributed by atoms with Gasteiger partial charge in [0.1, 0.15) is 11.1 Å². The summed E-state index contributed by atoms with van der Waals surface area (Å²) in [6, 6.07) is 9.85. The maximum Gasteiger partial charge on any atom is 0.318 e. The van der Waals surface area contributed by atoms with Crippen LogP contribution in [0, 0.1) is 5.92 Å². The smallest absolute Gasteiger partial charge is 0.318 e. The lowest BCUT2D eigenvalue weighted by molar-refractivity contribution is 0.0522. The van der Waals surface area contributed by atoms with Gasteiger partial charge in [0.05, 0.1) is 24.2 Å². The first-order valence-electron chi connectivity index (χ1n) is 12.3. The molecule has 2 amide bonds. The van der Waals surface area contributed by atoms with Crippen LogP contribution in [0.1, 0.15) is 36.2 Å². The third-order valence-corrected chi connectivity index (χ3v) is 8.75. The molecule has 37 heavy (non-hydrogen) atoms. The number of nitrogens with zero attached hydrogens (tertiary/aromatic N) is 1. The number of carbonyl (C=O) groups is 2. The van der Waals surface area contributed by atoms with Gasteiger partial charge in [0.25, 0.3) is 0 Å². The number of phenolic OH excluding ortho intramolecular Hbond substituents is 1. The average molecular weight is 533 g/mol. The zero-order chi connectivity index (χ0) is 27.2. The van der Waals surface area contributed by atoms with E-state index in [0.29, 0.717) is 32.7 Å². The molecule has 0 saturated carbocycles. The van der Waals surface area contributed by atoms with E-state index in [4.69, 9.17) is 16.2 Å². The number of aromatic hydroxyl groups is 1. The molecule has 0 radical (unpaired) electrons. The van der Waals surface area contributed by atoms with Crippen LogP contribution in [0.4, 0.5) is 4.79 Å². The Morgan fingerprint density at radius 2 is 1.65 bits per heavy atom. The predicted molar refractivity (Wildman–Crippen MR) is 140 cm³/mol. The largest absolute Gasteiger partial charge is 0.508 e. The number of hydrogen-bond donors (Lipinski definition) is 4. The second kappa shape index (κ2) is 12.5. The molecule has 0 aromatic heterocycles. The highest BCUT2D eigenvalue weighted by Gasteiger charge is 2.32. The van der Waals surface area contributed by atoms with Crippen LogP contribution in [0.2, 0.25) is 0 Å². The van der Waals surface area contributed by atoms with E-state index in [1.54, 1.807) is 17.0 Å². The van der Waals surface area contributed by atoms with E-state index in [0.717, 1.165) is 5.56 Å². The van der Waals surface area contributed by atoms with Crippen molar-refractivity contribution in [2.75, 3.05) is 26.3 Å². The van der Waals surface area contributed by atoms with Gasteiger partial charge >= 0.3 is 6.03 Å². The first-order valence-corrected chi connectivity index (χ1v) is 13.9. The highest BCUT2D eigenvalue weighted by molar-refractivity contribution is 7.92. The monoisotopic (exact) mass is 532 g/mol. The lowest BCUT2D eigenvalue weighted by Crippen LogP contribution is -2.52. The Kier molecular flexibility index (Phi) is 9.66. The fraction of sp³-hybridized carbons (Fsp3) is 0.462. The number of sulfone groups is 1. The van der Waals surface area contributed by atoms with Gasteiger partial charge in [-0.05, 0) is 35.7 Å². The number of carbonyl (C=O) groups excluding carboxylic acids is 2. The average Bonchev–Trinajstić information content (AvgIpc) is 2.92. The molecule has 11 heteroatoms. The molecule has 1 aliphatic rings. The third-order valence-electron chi connectivity index (χ3n) is 6.79. The summed E-state index contributed by atoms with van der Waals surface area (Å²) in [6.45, 7) is 5.43. The Bertz CT molecular complexity index is 1160. The highest BCUT2D eigenvalue weighted by Crippen LogP contribution is 2.21. The van der Waals surface area contributed by atoms with Gasteiger partial charge in [0.15, 0.2) is 15.6 Å². The summed E-state index contributed by atoms with van der Waals surface area (Å²) < 4.78 is 31.3. The fourth-order valence-corrected chi connectivity index (χ4v) is 5.57. The molecule has 1 saturated heterocycles. The number of benzene rings is 2. The van der Waals surface area contributed by atoms with Crippen LogP contribution in [-0.2, 0) is 21.0 Å². The Hall–Kier alpha value is -2.99. The summed E-state index contributed by atoms with van der Waals surface area (Å²) in [6.07, 6.45) is 0.875. The minimum atomic E-state index is -3.91. The summed E-state index contributed by atoms with van der Waals surface area (Å²) >= 11 is 0. The summed E-state index contributed by atoms with van der Waals surface area (Å²) in [4.78, 5) is 27.9. The topological polar surface area (TPSA) is 165 Å². The van der Waals surface area contributed by atoms with Crippen molar-refractivity contribution in [2.45, 2.75) is 49.0 Å². The number of hydrogen-bond acceptors (Lipinski definition) is 8. The number of nitrogens with one attached hydrogen (secondary N) is 1. The van der Waals surface area contributed by atoms with Crippen LogP contribution < -0.4 is 16.8 Å². The van der Waals surface area contributed by atoms with E-state index in [1.807, 2.05) is 13.8 Å². The van der Waals surface area contributed by atoms with Crippen LogP contribution in [0.15, 0.2) is 53.4 Å². The molecule has 1 heterocycles. The Labute approximate surface area is 217 Å². The number of nitrogens with two attached hydrogens (primary N) is 2. The number of phenols is 1. The van der Waals surface area contributed by atoms with Gasteiger partial charge < -0.3 is 31.5 Å². The number of ketones is 1. The molecule has 2 aromatic rings. The van der Waals surface area contributed by atoms with Crippen molar-refractivity contribution in [3.8, 4) is 5.75 Å². The second-order valence-electron chi connectivity index (χ2n) is 9.33. The molecule has 202 valence electrons. The molecule has 10 nitrogen and oxygen atoms in total. The van der Waals surface area contributed by atoms with Gasteiger partial charge in [-0.3, -0.25) is 4.79 Å². The fourth-order valence-electron chi connectivity index (χ4n) is 4.05. The van der Waals surface area contributed by atoms with Crippen LogP contribution in [0.5, 0.6) is 5.75 Å². The van der Waals surface area contributed by atoms with E-state index >= 15 is 0 Å². The normalized spacial score (nSPS) is 17.5. The standard InChI is InChI=1S/C26H36N4O6S/c1-3-17(2)23(27)25(28)37(34,35)21-10-6-19(7-11-21)24(32)22(16-18-4-8-20(31)9-5-18)29-26(33)30-12-14-36-15-13-30/h4-11,17,22-23,25,31H,3,12-16,27-28H2,1-2H3,(H,29,33)/t17?,22-,23?,25?/m0/s1. The van der Waals surface area contributed by atoms with Gasteiger partial charge in [0, 0.05) is 31.1 Å². The maximum atomic E-state index is 13.5. The molecule has 3 unspecified atom stereocenters. The molecule has 0 bridgehead atoms. The van der Waals surface area contributed by atoms with Gasteiger partial charge in [-0.25, -0.2) is 13.2 Å². The summed E-state index contributed by atoms with van der Waals surface area (Å²) in [5, 5.41) is 11.1. The minimum absolute atomic E-state index is 0.0252. The van der Waals surface area contributed by atoms with Crippen molar-refractivity contribution in [3.05, 3.63) is 59.7 Å². The summed E-state index contributed by atoms with van der Waals surface area (Å²) in [5.74, 6) is -0.368. The molecule has 6 N–H and O–H groups in total. The van der Waals surface area contributed by atoms with Crippen molar-refractivity contribution in [2.24, 2.45) is 17.4 Å². The first-order chi connectivity index (χ1) is 17.5. The van der Waals surface area contributed by atoms with E-state index in [9.17, 15) is 23.1 Å². The van der Waals surface area contributed by atoms with E-state index < -0.39 is 27.3 Å². The second-order valence-corrected chi connectivity index (χ2v) is 11.4. The number of amides is 2.